The van der Waals surface area contributed by atoms with Gasteiger partial charge in [-0.1, -0.05) is 18.2 Å². The number of rotatable bonds is 3. The van der Waals surface area contributed by atoms with E-state index in [0.29, 0.717) is 0 Å². The molecule has 0 amide bonds. The van der Waals surface area contributed by atoms with E-state index in [1.165, 1.54) is 0 Å². The second-order valence-corrected chi connectivity index (χ2v) is 6.85. The second kappa shape index (κ2) is 5.56. The van der Waals surface area contributed by atoms with Crippen molar-refractivity contribution in [3.63, 3.8) is 0 Å². The fourth-order valence-corrected chi connectivity index (χ4v) is 3.39. The molecule has 0 aliphatic carbocycles. The van der Waals surface area contributed by atoms with Crippen molar-refractivity contribution in [1.82, 2.24) is 0 Å². The fraction of sp³-hybridized carbons (Fsp3) is 0.125. The summed E-state index contributed by atoms with van der Waals surface area (Å²) >= 11 is 5.00. The maximum Gasteiger partial charge on any atom is 0.119 e. The van der Waals surface area contributed by atoms with Gasteiger partial charge in [0.05, 0.1) is 10.9 Å². The van der Waals surface area contributed by atoms with E-state index >= 15 is 0 Å². The molecule has 0 aliphatic rings. The lowest BCUT2D eigenvalue weighted by molar-refractivity contribution is 0.221. The first-order chi connectivity index (χ1) is 9.67. The molecule has 0 radical (unpaired) electrons. The molecular weight excluding hydrogens is 336 g/mol. The van der Waals surface area contributed by atoms with E-state index in [1.54, 1.807) is 18.4 Å². The molecule has 4 heteroatoms. The molecule has 1 atom stereocenters. The highest BCUT2D eigenvalue weighted by molar-refractivity contribution is 9.11. The van der Waals surface area contributed by atoms with Gasteiger partial charge >= 0.3 is 0 Å². The smallest absolute Gasteiger partial charge is 0.119 e. The van der Waals surface area contributed by atoms with E-state index in [9.17, 15) is 5.11 Å². The van der Waals surface area contributed by atoms with Crippen LogP contribution in [0.3, 0.4) is 0 Å². The van der Waals surface area contributed by atoms with Gasteiger partial charge in [0, 0.05) is 0 Å². The molecule has 1 N–H and O–H groups in total. The van der Waals surface area contributed by atoms with Crippen molar-refractivity contribution < 1.29 is 9.84 Å². The lowest BCUT2D eigenvalue weighted by Gasteiger charge is -2.11. The lowest BCUT2D eigenvalue weighted by atomic mass is 10.0. The number of hydrogen-bond acceptors (Lipinski definition) is 3. The Balaban J connectivity index is 2.00. The maximum atomic E-state index is 10.4. The zero-order valence-corrected chi connectivity index (χ0v) is 13.2. The minimum Gasteiger partial charge on any atom is -0.497 e. The second-order valence-electron chi connectivity index (χ2n) is 4.56. The normalized spacial score (nSPS) is 12.6. The predicted octanol–water partition coefficient (Wildman–Crippen LogP) is 4.75. The lowest BCUT2D eigenvalue weighted by Crippen LogP contribution is -1.97. The van der Waals surface area contributed by atoms with Gasteiger partial charge in [-0.25, -0.2) is 0 Å². The first kappa shape index (κ1) is 13.6. The molecule has 1 aromatic heterocycles. The Morgan fingerprint density at radius 2 is 1.80 bits per heavy atom. The summed E-state index contributed by atoms with van der Waals surface area (Å²) in [6, 6.07) is 13.9. The predicted molar refractivity (Wildman–Crippen MR) is 86.6 cm³/mol. The van der Waals surface area contributed by atoms with E-state index in [1.807, 2.05) is 47.8 Å². The number of thiophene rings is 1. The Bertz CT molecular complexity index is 751. The molecule has 1 heterocycles. The summed E-state index contributed by atoms with van der Waals surface area (Å²) in [5, 5.41) is 14.6. The van der Waals surface area contributed by atoms with Gasteiger partial charge in [-0.05, 0) is 67.5 Å². The summed E-state index contributed by atoms with van der Waals surface area (Å²) < 4.78 is 6.24. The van der Waals surface area contributed by atoms with Crippen LogP contribution in [0.5, 0.6) is 5.75 Å². The monoisotopic (exact) mass is 348 g/mol. The Morgan fingerprint density at radius 3 is 2.50 bits per heavy atom. The first-order valence-corrected chi connectivity index (χ1v) is 7.84. The molecule has 2 nitrogen and oxygen atoms in total. The number of methoxy groups -OCH3 is 1. The van der Waals surface area contributed by atoms with Crippen LogP contribution in [0.1, 0.15) is 17.2 Å². The van der Waals surface area contributed by atoms with Crippen molar-refractivity contribution in [3.05, 3.63) is 62.8 Å². The van der Waals surface area contributed by atoms with Crippen molar-refractivity contribution in [2.24, 2.45) is 0 Å². The third-order valence-corrected chi connectivity index (χ3v) is 4.81. The number of aliphatic hydroxyl groups is 1. The molecule has 3 aromatic rings. The summed E-state index contributed by atoms with van der Waals surface area (Å²) in [5.41, 5.74) is 1.81. The van der Waals surface area contributed by atoms with Crippen molar-refractivity contribution in [2.45, 2.75) is 6.10 Å². The minimum atomic E-state index is -0.593. The van der Waals surface area contributed by atoms with Crippen molar-refractivity contribution in [1.29, 1.82) is 0 Å². The van der Waals surface area contributed by atoms with Crippen molar-refractivity contribution in [3.8, 4) is 5.75 Å². The number of fused-ring (bicyclic) bond motifs is 1. The van der Waals surface area contributed by atoms with Gasteiger partial charge in [-0.2, -0.15) is 0 Å². The molecule has 0 bridgehead atoms. The number of benzene rings is 2. The van der Waals surface area contributed by atoms with Crippen LogP contribution < -0.4 is 4.74 Å². The molecule has 2 aromatic carbocycles. The fourth-order valence-electron chi connectivity index (χ4n) is 2.20. The number of ether oxygens (including phenoxy) is 1. The van der Waals surface area contributed by atoms with Gasteiger partial charge in [-0.15, -0.1) is 11.3 Å². The zero-order chi connectivity index (χ0) is 14.1. The van der Waals surface area contributed by atoms with Crippen LogP contribution in [-0.2, 0) is 0 Å². The van der Waals surface area contributed by atoms with Crippen LogP contribution in [0.4, 0.5) is 0 Å². The first-order valence-electron chi connectivity index (χ1n) is 6.17. The van der Waals surface area contributed by atoms with Crippen LogP contribution in [0.2, 0.25) is 0 Å². The van der Waals surface area contributed by atoms with Gasteiger partial charge in [0.25, 0.3) is 0 Å². The average molecular weight is 349 g/mol. The molecule has 0 aliphatic heterocycles. The molecule has 102 valence electrons. The molecule has 3 rings (SSSR count). The van der Waals surface area contributed by atoms with Crippen molar-refractivity contribution in [2.75, 3.05) is 7.11 Å². The molecule has 20 heavy (non-hydrogen) atoms. The molecule has 0 fully saturated rings. The highest BCUT2D eigenvalue weighted by atomic mass is 79.9. The van der Waals surface area contributed by atoms with Crippen LogP contribution in [0, 0.1) is 0 Å². The quantitative estimate of drug-likeness (QED) is 0.739. The SMILES string of the molecule is COc1ccc2cc(C(O)c3csc(Br)c3)ccc2c1. The molecule has 0 saturated heterocycles. The summed E-state index contributed by atoms with van der Waals surface area (Å²) in [7, 11) is 1.66. The van der Waals surface area contributed by atoms with E-state index in [-0.39, 0.29) is 0 Å². The van der Waals surface area contributed by atoms with Crippen LogP contribution in [0.25, 0.3) is 10.8 Å². The Labute approximate surface area is 129 Å². The topological polar surface area (TPSA) is 29.5 Å². The van der Waals surface area contributed by atoms with E-state index in [2.05, 4.69) is 15.9 Å². The Morgan fingerprint density at radius 1 is 1.05 bits per heavy atom. The van der Waals surface area contributed by atoms with Crippen LogP contribution >= 0.6 is 27.3 Å². The van der Waals surface area contributed by atoms with Gasteiger partial charge in [0.1, 0.15) is 11.9 Å². The Kier molecular flexibility index (Phi) is 3.78. The van der Waals surface area contributed by atoms with E-state index < -0.39 is 6.10 Å². The average Bonchev–Trinajstić information content (AvgIpc) is 2.92. The largest absolute Gasteiger partial charge is 0.497 e. The van der Waals surface area contributed by atoms with Gasteiger partial charge in [-0.3, -0.25) is 0 Å². The molecule has 0 spiro atoms. The van der Waals surface area contributed by atoms with E-state index in [4.69, 9.17) is 4.74 Å². The highest BCUT2D eigenvalue weighted by Gasteiger charge is 2.12. The Hall–Kier alpha value is -1.36. The van der Waals surface area contributed by atoms with Crippen molar-refractivity contribution >= 4 is 38.0 Å². The van der Waals surface area contributed by atoms with Crippen LogP contribution in [0.15, 0.2) is 51.6 Å². The number of hydrogen-bond donors (Lipinski definition) is 1. The minimum absolute atomic E-state index is 0.593. The third kappa shape index (κ3) is 2.59. The third-order valence-electron chi connectivity index (χ3n) is 3.29. The zero-order valence-electron chi connectivity index (χ0n) is 10.8. The van der Waals surface area contributed by atoms with Gasteiger partial charge in [0.2, 0.25) is 0 Å². The maximum absolute atomic E-state index is 10.4. The van der Waals surface area contributed by atoms with Crippen LogP contribution in [-0.4, -0.2) is 12.2 Å². The summed E-state index contributed by atoms with van der Waals surface area (Å²) in [5.74, 6) is 0.840. The standard InChI is InChI=1S/C16H13BrO2S/c1-19-14-5-4-10-6-12(3-2-11(10)7-14)16(18)13-8-15(17)20-9-13/h2-9,16,18H,1H3. The summed E-state index contributed by atoms with van der Waals surface area (Å²) in [6.07, 6.45) is -0.593. The summed E-state index contributed by atoms with van der Waals surface area (Å²) in [6.45, 7) is 0. The number of aliphatic hydroxyl groups excluding tert-OH is 1. The van der Waals surface area contributed by atoms with Gasteiger partial charge in [0.15, 0.2) is 0 Å². The summed E-state index contributed by atoms with van der Waals surface area (Å²) in [4.78, 5) is 0. The van der Waals surface area contributed by atoms with Gasteiger partial charge < -0.3 is 9.84 Å². The molecule has 0 saturated carbocycles. The van der Waals surface area contributed by atoms with E-state index in [0.717, 1.165) is 31.4 Å². The molecule has 1 unspecified atom stereocenters. The number of halogens is 1. The molecular formula is C16H13BrO2S. The highest BCUT2D eigenvalue weighted by Crippen LogP contribution is 2.31.